The summed E-state index contributed by atoms with van der Waals surface area (Å²) >= 11 is 1.42. The van der Waals surface area contributed by atoms with Crippen molar-refractivity contribution in [2.45, 2.75) is 13.5 Å². The van der Waals surface area contributed by atoms with Gasteiger partial charge in [-0.25, -0.2) is 9.67 Å². The Balaban J connectivity index is 1.64. The van der Waals surface area contributed by atoms with Gasteiger partial charge in [0, 0.05) is 5.38 Å². The van der Waals surface area contributed by atoms with Crippen LogP contribution in [0.3, 0.4) is 0 Å². The van der Waals surface area contributed by atoms with Crippen molar-refractivity contribution in [2.24, 2.45) is 0 Å². The van der Waals surface area contributed by atoms with E-state index in [1.54, 1.807) is 15.8 Å². The molecule has 0 fully saturated rings. The Labute approximate surface area is 160 Å². The number of amides is 1. The number of carbonyl (C=O) groups is 1. The molecule has 0 radical (unpaired) electrons. The summed E-state index contributed by atoms with van der Waals surface area (Å²) in [5.74, 6) is -0.255. The van der Waals surface area contributed by atoms with Gasteiger partial charge in [-0.15, -0.1) is 16.4 Å². The van der Waals surface area contributed by atoms with E-state index in [1.807, 2.05) is 73.0 Å². The Morgan fingerprint density at radius 3 is 2.44 bits per heavy atom. The summed E-state index contributed by atoms with van der Waals surface area (Å²) in [6.07, 6.45) is 1.67. The molecular formula is C20H17N5OS. The first-order chi connectivity index (χ1) is 13.2. The fraction of sp³-hybridized carbons (Fsp3) is 0.100. The van der Waals surface area contributed by atoms with E-state index in [4.69, 9.17) is 0 Å². The van der Waals surface area contributed by atoms with E-state index in [2.05, 4.69) is 15.3 Å². The quantitative estimate of drug-likeness (QED) is 0.527. The summed E-state index contributed by atoms with van der Waals surface area (Å²) in [5, 5.41) is 10.7. The fourth-order valence-electron chi connectivity index (χ4n) is 2.69. The molecule has 0 unspecified atom stereocenters. The summed E-state index contributed by atoms with van der Waals surface area (Å²) in [4.78, 5) is 19.3. The number of carbonyl (C=O) groups excluding carboxylic acids is 1. The van der Waals surface area contributed by atoms with Crippen molar-refractivity contribution in [1.29, 1.82) is 0 Å². The summed E-state index contributed by atoms with van der Waals surface area (Å²) in [6, 6.07) is 19.4. The van der Waals surface area contributed by atoms with E-state index in [0.717, 1.165) is 16.9 Å². The molecular weight excluding hydrogens is 358 g/mol. The van der Waals surface area contributed by atoms with E-state index in [-0.39, 0.29) is 11.6 Å². The zero-order valence-corrected chi connectivity index (χ0v) is 15.5. The van der Waals surface area contributed by atoms with Gasteiger partial charge in [-0.2, -0.15) is 0 Å². The number of aryl methyl sites for hydroxylation is 1. The number of hydrogen-bond donors (Lipinski definition) is 0. The Bertz CT molecular complexity index is 1040. The molecule has 0 N–H and O–H groups in total. The van der Waals surface area contributed by atoms with Crippen LogP contribution in [0, 0.1) is 6.92 Å². The molecule has 0 aliphatic rings. The maximum Gasteiger partial charge on any atom is 0.286 e. The van der Waals surface area contributed by atoms with E-state index >= 15 is 0 Å². The van der Waals surface area contributed by atoms with Gasteiger partial charge in [0.1, 0.15) is 0 Å². The minimum Gasteiger partial charge on any atom is -0.266 e. The highest BCUT2D eigenvalue weighted by Gasteiger charge is 2.24. The zero-order valence-electron chi connectivity index (χ0n) is 14.7. The van der Waals surface area contributed by atoms with Crippen LogP contribution >= 0.6 is 11.3 Å². The largest absolute Gasteiger partial charge is 0.286 e. The summed E-state index contributed by atoms with van der Waals surface area (Å²) in [6.45, 7) is 2.46. The lowest BCUT2D eigenvalue weighted by atomic mass is 10.2. The standard InChI is InChI=1S/C20H17N5OS/c1-15-14-27-20(21-15)25(17-10-6-3-7-11-17)19(26)18-13-24(23-22-18)12-16-8-4-2-5-9-16/h2-11,13-14H,12H2,1H3. The van der Waals surface area contributed by atoms with Crippen molar-refractivity contribution in [1.82, 2.24) is 20.0 Å². The SMILES string of the molecule is Cc1csc(N(C(=O)c2cn(Cc3ccccc3)nn2)c2ccccc2)n1. The van der Waals surface area contributed by atoms with Crippen molar-refractivity contribution in [3.8, 4) is 0 Å². The molecule has 2 aromatic carbocycles. The molecule has 6 nitrogen and oxygen atoms in total. The van der Waals surface area contributed by atoms with Gasteiger partial charge < -0.3 is 0 Å². The molecule has 0 saturated heterocycles. The van der Waals surface area contributed by atoms with Crippen LogP contribution in [0.2, 0.25) is 0 Å². The van der Waals surface area contributed by atoms with Crippen LogP contribution in [0.25, 0.3) is 0 Å². The van der Waals surface area contributed by atoms with Gasteiger partial charge in [-0.1, -0.05) is 53.7 Å². The zero-order chi connectivity index (χ0) is 18.6. The Hall–Kier alpha value is -3.32. The van der Waals surface area contributed by atoms with Crippen LogP contribution in [0.5, 0.6) is 0 Å². The molecule has 7 heteroatoms. The molecule has 0 spiro atoms. The van der Waals surface area contributed by atoms with Crippen LogP contribution in [-0.2, 0) is 6.54 Å². The monoisotopic (exact) mass is 375 g/mol. The molecule has 2 heterocycles. The third-order valence-corrected chi connectivity index (χ3v) is 4.90. The molecule has 0 atom stereocenters. The number of benzene rings is 2. The second kappa shape index (κ2) is 7.51. The summed E-state index contributed by atoms with van der Waals surface area (Å²) < 4.78 is 1.67. The average Bonchev–Trinajstić information content (AvgIpc) is 3.33. The maximum atomic E-state index is 13.2. The van der Waals surface area contributed by atoms with Crippen molar-refractivity contribution in [2.75, 3.05) is 4.90 Å². The fourth-order valence-corrected chi connectivity index (χ4v) is 3.51. The normalized spacial score (nSPS) is 10.7. The lowest BCUT2D eigenvalue weighted by Gasteiger charge is -2.18. The number of thiazole rings is 1. The van der Waals surface area contributed by atoms with Crippen molar-refractivity contribution < 1.29 is 4.79 Å². The Morgan fingerprint density at radius 1 is 1.07 bits per heavy atom. The van der Waals surface area contributed by atoms with Gasteiger partial charge in [0.15, 0.2) is 10.8 Å². The predicted molar refractivity (Wildman–Crippen MR) is 105 cm³/mol. The van der Waals surface area contributed by atoms with E-state index in [9.17, 15) is 4.79 Å². The van der Waals surface area contributed by atoms with Crippen LogP contribution in [0.4, 0.5) is 10.8 Å². The summed E-state index contributed by atoms with van der Waals surface area (Å²) in [5.41, 5.74) is 2.99. The van der Waals surface area contributed by atoms with Crippen LogP contribution in [-0.4, -0.2) is 25.9 Å². The number of nitrogens with zero attached hydrogens (tertiary/aromatic N) is 5. The Morgan fingerprint density at radius 2 is 1.78 bits per heavy atom. The first kappa shape index (κ1) is 17.1. The lowest BCUT2D eigenvalue weighted by Crippen LogP contribution is -2.26. The minimum absolute atomic E-state index is 0.255. The molecule has 2 aromatic heterocycles. The molecule has 134 valence electrons. The van der Waals surface area contributed by atoms with Gasteiger partial charge in [0.2, 0.25) is 0 Å². The number of anilines is 2. The minimum atomic E-state index is -0.255. The molecule has 27 heavy (non-hydrogen) atoms. The van der Waals surface area contributed by atoms with Crippen LogP contribution < -0.4 is 4.90 Å². The predicted octanol–water partition coefficient (Wildman–Crippen LogP) is 4.07. The molecule has 0 aliphatic heterocycles. The van der Waals surface area contributed by atoms with Crippen molar-refractivity contribution in [3.63, 3.8) is 0 Å². The smallest absolute Gasteiger partial charge is 0.266 e. The highest BCUT2D eigenvalue weighted by atomic mass is 32.1. The molecule has 4 aromatic rings. The van der Waals surface area contributed by atoms with Gasteiger partial charge in [0.25, 0.3) is 5.91 Å². The van der Waals surface area contributed by atoms with Crippen LogP contribution in [0.15, 0.2) is 72.2 Å². The third kappa shape index (κ3) is 3.78. The van der Waals surface area contributed by atoms with E-state index < -0.39 is 0 Å². The lowest BCUT2D eigenvalue weighted by molar-refractivity contribution is 0.0994. The van der Waals surface area contributed by atoms with Crippen LogP contribution in [0.1, 0.15) is 21.7 Å². The van der Waals surface area contributed by atoms with Gasteiger partial charge in [-0.05, 0) is 24.6 Å². The summed E-state index contributed by atoms with van der Waals surface area (Å²) in [7, 11) is 0. The molecule has 4 rings (SSSR count). The van der Waals surface area contributed by atoms with Gasteiger partial charge in [0.05, 0.1) is 24.1 Å². The second-order valence-electron chi connectivity index (χ2n) is 6.03. The molecule has 0 bridgehead atoms. The van der Waals surface area contributed by atoms with E-state index in [0.29, 0.717) is 11.7 Å². The number of rotatable bonds is 5. The number of aromatic nitrogens is 4. The van der Waals surface area contributed by atoms with Gasteiger partial charge >= 0.3 is 0 Å². The van der Waals surface area contributed by atoms with Crippen molar-refractivity contribution >= 4 is 28.1 Å². The highest BCUT2D eigenvalue weighted by molar-refractivity contribution is 7.14. The Kier molecular flexibility index (Phi) is 4.76. The number of hydrogen-bond acceptors (Lipinski definition) is 5. The third-order valence-electron chi connectivity index (χ3n) is 3.96. The average molecular weight is 375 g/mol. The maximum absolute atomic E-state index is 13.2. The molecule has 0 aliphatic carbocycles. The highest BCUT2D eigenvalue weighted by Crippen LogP contribution is 2.29. The number of para-hydroxylation sites is 1. The molecule has 1 amide bonds. The first-order valence-corrected chi connectivity index (χ1v) is 9.34. The van der Waals surface area contributed by atoms with E-state index in [1.165, 1.54) is 11.3 Å². The topological polar surface area (TPSA) is 63.9 Å². The molecule has 0 saturated carbocycles. The van der Waals surface area contributed by atoms with Gasteiger partial charge in [-0.3, -0.25) is 9.69 Å². The first-order valence-electron chi connectivity index (χ1n) is 8.46. The second-order valence-corrected chi connectivity index (χ2v) is 6.87. The van der Waals surface area contributed by atoms with Crippen molar-refractivity contribution in [3.05, 3.63) is 89.2 Å².